The third-order valence-electron chi connectivity index (χ3n) is 5.12. The molecule has 1 nitrogen and oxygen atoms in total. The van der Waals surface area contributed by atoms with Crippen molar-refractivity contribution in [3.05, 3.63) is 60.7 Å². The predicted molar refractivity (Wildman–Crippen MR) is 116 cm³/mol. The summed E-state index contributed by atoms with van der Waals surface area (Å²) in [4.78, 5) is 0. The zero-order valence-electron chi connectivity index (χ0n) is 16.8. The minimum atomic E-state index is -1.84. The fourth-order valence-electron chi connectivity index (χ4n) is 2.59. The first-order valence-corrected chi connectivity index (χ1v) is 13.5. The molecule has 25 heavy (non-hydrogen) atoms. The van der Waals surface area contributed by atoms with E-state index >= 15 is 0 Å². The maximum absolute atomic E-state index is 7.00. The van der Waals surface area contributed by atoms with Crippen LogP contribution >= 0.6 is 7.92 Å². The molecule has 136 valence electrons. The van der Waals surface area contributed by atoms with E-state index in [4.69, 9.17) is 4.43 Å². The van der Waals surface area contributed by atoms with E-state index in [9.17, 15) is 0 Å². The summed E-state index contributed by atoms with van der Waals surface area (Å²) in [6.07, 6.45) is 0. The standard InChI is InChI=1S/C22H33OPSi/c1-18(2)21(23-25(6,7)22(3,4)5)24(19-14-10-8-11-15-19)20-16-12-9-13-17-20/h8-18,21H,1-7H3. The van der Waals surface area contributed by atoms with E-state index in [0.717, 1.165) is 0 Å². The Labute approximate surface area is 156 Å². The Morgan fingerprint density at radius 2 is 1.20 bits per heavy atom. The molecule has 0 radical (unpaired) electrons. The average molecular weight is 373 g/mol. The monoisotopic (exact) mass is 372 g/mol. The summed E-state index contributed by atoms with van der Waals surface area (Å²) in [6.45, 7) is 16.3. The van der Waals surface area contributed by atoms with E-state index in [0.29, 0.717) is 5.92 Å². The molecule has 0 aliphatic heterocycles. The molecule has 0 N–H and O–H groups in total. The minimum absolute atomic E-state index is 0.217. The second kappa shape index (κ2) is 8.16. The summed E-state index contributed by atoms with van der Waals surface area (Å²) in [7, 11) is -2.40. The molecule has 1 unspecified atom stereocenters. The van der Waals surface area contributed by atoms with Crippen molar-refractivity contribution in [2.45, 2.75) is 58.6 Å². The highest BCUT2D eigenvalue weighted by Crippen LogP contribution is 2.48. The molecule has 0 aliphatic carbocycles. The highest BCUT2D eigenvalue weighted by Gasteiger charge is 2.42. The molecule has 0 fully saturated rings. The van der Waals surface area contributed by atoms with Crippen molar-refractivity contribution in [1.82, 2.24) is 0 Å². The van der Waals surface area contributed by atoms with E-state index < -0.39 is 16.2 Å². The van der Waals surface area contributed by atoms with Crippen LogP contribution in [0.5, 0.6) is 0 Å². The predicted octanol–water partition coefficient (Wildman–Crippen LogP) is 6.12. The molecule has 0 saturated carbocycles. The third-order valence-corrected chi connectivity index (χ3v) is 12.7. The van der Waals surface area contributed by atoms with Gasteiger partial charge in [0.05, 0.1) is 5.85 Å². The highest BCUT2D eigenvalue weighted by molar-refractivity contribution is 7.73. The summed E-state index contributed by atoms with van der Waals surface area (Å²) >= 11 is 0. The Hall–Kier alpha value is -0.953. The fourth-order valence-corrected chi connectivity index (χ4v) is 7.50. The quantitative estimate of drug-likeness (QED) is 0.438. The topological polar surface area (TPSA) is 9.23 Å². The molecule has 0 aliphatic rings. The zero-order valence-corrected chi connectivity index (χ0v) is 18.7. The van der Waals surface area contributed by atoms with Gasteiger partial charge < -0.3 is 4.43 Å². The summed E-state index contributed by atoms with van der Waals surface area (Å²) in [5.41, 5.74) is 0. The van der Waals surface area contributed by atoms with Gasteiger partial charge in [0.1, 0.15) is 0 Å². The van der Waals surface area contributed by atoms with Gasteiger partial charge in [-0.3, -0.25) is 0 Å². The summed E-state index contributed by atoms with van der Waals surface area (Å²) in [5, 5.41) is 3.02. The summed E-state index contributed by atoms with van der Waals surface area (Å²) < 4.78 is 7.00. The number of hydrogen-bond acceptors (Lipinski definition) is 1. The first kappa shape index (κ1) is 20.4. The molecule has 0 bridgehead atoms. The van der Waals surface area contributed by atoms with Crippen molar-refractivity contribution in [2.75, 3.05) is 0 Å². The van der Waals surface area contributed by atoms with Crippen molar-refractivity contribution in [1.29, 1.82) is 0 Å². The number of rotatable bonds is 6. The molecule has 0 heterocycles. The van der Waals surface area contributed by atoms with E-state index in [1.807, 2.05) is 0 Å². The van der Waals surface area contributed by atoms with Gasteiger partial charge in [-0.2, -0.15) is 0 Å². The summed E-state index contributed by atoms with van der Waals surface area (Å²) in [6, 6.07) is 21.9. The second-order valence-corrected chi connectivity index (χ2v) is 15.6. The smallest absolute Gasteiger partial charge is 0.192 e. The van der Waals surface area contributed by atoms with Crippen LogP contribution in [-0.4, -0.2) is 14.2 Å². The molecule has 0 aromatic heterocycles. The van der Waals surface area contributed by atoms with Gasteiger partial charge in [0.2, 0.25) is 0 Å². The van der Waals surface area contributed by atoms with Crippen LogP contribution in [-0.2, 0) is 4.43 Å². The number of benzene rings is 2. The van der Waals surface area contributed by atoms with Crippen molar-refractivity contribution in [3.8, 4) is 0 Å². The van der Waals surface area contributed by atoms with Gasteiger partial charge in [-0.05, 0) is 42.6 Å². The molecule has 3 heteroatoms. The highest BCUT2D eigenvalue weighted by atomic mass is 31.1. The Bertz CT molecular complexity index is 607. The Morgan fingerprint density at radius 3 is 1.52 bits per heavy atom. The summed E-state index contributed by atoms with van der Waals surface area (Å²) in [5.74, 6) is 0.710. The Balaban J connectivity index is 2.49. The molecule has 2 aromatic rings. The van der Waals surface area contributed by atoms with Gasteiger partial charge in [0.15, 0.2) is 8.32 Å². The maximum atomic E-state index is 7.00. The van der Waals surface area contributed by atoms with Crippen LogP contribution in [0.3, 0.4) is 0 Å². The van der Waals surface area contributed by atoms with Gasteiger partial charge in [-0.1, -0.05) is 95.3 Å². The number of hydrogen-bond donors (Lipinski definition) is 0. The average Bonchev–Trinajstić information content (AvgIpc) is 2.55. The van der Waals surface area contributed by atoms with Gasteiger partial charge in [-0.25, -0.2) is 0 Å². The molecule has 0 amide bonds. The largest absolute Gasteiger partial charge is 0.409 e. The van der Waals surface area contributed by atoms with Crippen LogP contribution in [0.1, 0.15) is 34.6 Å². The molecule has 0 saturated heterocycles. The normalized spacial score (nSPS) is 14.1. The molecule has 2 rings (SSSR count). The van der Waals surface area contributed by atoms with Crippen LogP contribution < -0.4 is 10.6 Å². The van der Waals surface area contributed by atoms with Crippen molar-refractivity contribution < 1.29 is 4.43 Å². The van der Waals surface area contributed by atoms with Crippen LogP contribution in [0.4, 0.5) is 0 Å². The first-order valence-electron chi connectivity index (χ1n) is 9.20. The lowest BCUT2D eigenvalue weighted by Crippen LogP contribution is -2.46. The third kappa shape index (κ3) is 5.03. The van der Waals surface area contributed by atoms with Gasteiger partial charge in [-0.15, -0.1) is 0 Å². The lowest BCUT2D eigenvalue weighted by atomic mass is 10.2. The van der Waals surface area contributed by atoms with Crippen molar-refractivity contribution in [2.24, 2.45) is 5.92 Å². The van der Waals surface area contributed by atoms with Crippen molar-refractivity contribution in [3.63, 3.8) is 0 Å². The van der Waals surface area contributed by atoms with Gasteiger partial charge in [0.25, 0.3) is 0 Å². The Morgan fingerprint density at radius 1 is 0.800 bits per heavy atom. The van der Waals surface area contributed by atoms with Crippen LogP contribution in [0.25, 0.3) is 0 Å². The lowest BCUT2D eigenvalue weighted by molar-refractivity contribution is 0.210. The molecule has 2 aromatic carbocycles. The van der Waals surface area contributed by atoms with E-state index in [1.165, 1.54) is 10.6 Å². The van der Waals surface area contributed by atoms with Crippen LogP contribution in [0, 0.1) is 5.92 Å². The second-order valence-electron chi connectivity index (χ2n) is 8.55. The first-order chi connectivity index (χ1) is 11.6. The molecule has 1 atom stereocenters. The molecular weight excluding hydrogens is 339 g/mol. The van der Waals surface area contributed by atoms with Crippen LogP contribution in [0.2, 0.25) is 18.1 Å². The molecule has 0 spiro atoms. The van der Waals surface area contributed by atoms with E-state index in [2.05, 4.69) is 108 Å². The maximum Gasteiger partial charge on any atom is 0.192 e. The molecular formula is C22H33OPSi. The van der Waals surface area contributed by atoms with Crippen molar-refractivity contribution >= 4 is 26.8 Å². The fraction of sp³-hybridized carbons (Fsp3) is 0.455. The van der Waals surface area contributed by atoms with E-state index in [1.54, 1.807) is 0 Å². The van der Waals surface area contributed by atoms with Gasteiger partial charge in [0, 0.05) is 0 Å². The van der Waals surface area contributed by atoms with Crippen LogP contribution in [0.15, 0.2) is 60.7 Å². The van der Waals surface area contributed by atoms with Gasteiger partial charge >= 0.3 is 0 Å². The minimum Gasteiger partial charge on any atom is -0.409 e. The van der Waals surface area contributed by atoms with E-state index in [-0.39, 0.29) is 10.9 Å². The lowest BCUT2D eigenvalue weighted by Gasteiger charge is -2.43. The Kier molecular flexibility index (Phi) is 6.65. The zero-order chi connectivity index (χ0) is 18.7. The SMILES string of the molecule is CC(C)C(O[Si](C)(C)C(C)(C)C)P(c1ccccc1)c1ccccc1.